The summed E-state index contributed by atoms with van der Waals surface area (Å²) in [5, 5.41) is 0. The lowest BCUT2D eigenvalue weighted by atomic mass is 10.1. The van der Waals surface area contributed by atoms with Crippen LogP contribution in [-0.2, 0) is 20.3 Å². The van der Waals surface area contributed by atoms with E-state index >= 15 is 0 Å². The minimum atomic E-state index is -3.18. The molecular formula is C10H11BrO4S. The number of ether oxygens (including phenoxy) is 1. The highest BCUT2D eigenvalue weighted by Gasteiger charge is 2.15. The van der Waals surface area contributed by atoms with E-state index < -0.39 is 15.8 Å². The maximum Gasteiger partial charge on any atom is 0.338 e. The van der Waals surface area contributed by atoms with Gasteiger partial charge in [-0.2, -0.15) is 0 Å². The monoisotopic (exact) mass is 306 g/mol. The molecule has 1 rings (SSSR count). The topological polar surface area (TPSA) is 60.4 Å². The quantitative estimate of drug-likeness (QED) is 0.799. The van der Waals surface area contributed by atoms with Gasteiger partial charge in [0.2, 0.25) is 0 Å². The Morgan fingerprint density at radius 2 is 2.06 bits per heavy atom. The summed E-state index contributed by atoms with van der Waals surface area (Å²) in [6.45, 7) is 0. The van der Waals surface area contributed by atoms with Crippen LogP contribution >= 0.6 is 15.9 Å². The number of rotatable bonds is 3. The van der Waals surface area contributed by atoms with Crippen LogP contribution in [0.25, 0.3) is 0 Å². The zero-order chi connectivity index (χ0) is 12.3. The van der Waals surface area contributed by atoms with Crippen LogP contribution in [-0.4, -0.2) is 27.8 Å². The Labute approximate surface area is 103 Å². The Kier molecular flexibility index (Phi) is 4.09. The number of carbonyl (C=O) groups excluding carboxylic acids is 1. The minimum absolute atomic E-state index is 0.176. The van der Waals surface area contributed by atoms with Gasteiger partial charge in [-0.05, 0) is 17.7 Å². The summed E-state index contributed by atoms with van der Waals surface area (Å²) in [6, 6.07) is 4.83. The Balaban J connectivity index is 3.23. The molecule has 0 bridgehead atoms. The molecule has 1 aromatic rings. The first-order valence-corrected chi connectivity index (χ1v) is 7.23. The average molecular weight is 307 g/mol. The summed E-state index contributed by atoms with van der Waals surface area (Å²) in [5.41, 5.74) is 0.708. The fourth-order valence-electron chi connectivity index (χ4n) is 1.26. The number of carbonyl (C=O) groups is 1. The van der Waals surface area contributed by atoms with E-state index in [-0.39, 0.29) is 11.3 Å². The second kappa shape index (κ2) is 4.97. The van der Waals surface area contributed by atoms with Gasteiger partial charge in [-0.15, -0.1) is 0 Å². The maximum absolute atomic E-state index is 11.4. The maximum atomic E-state index is 11.4. The van der Waals surface area contributed by atoms with Crippen molar-refractivity contribution in [3.05, 3.63) is 33.8 Å². The second-order valence-corrected chi connectivity index (χ2v) is 6.42. The third-order valence-electron chi connectivity index (χ3n) is 1.89. The van der Waals surface area contributed by atoms with Crippen molar-refractivity contribution in [2.45, 2.75) is 5.75 Å². The van der Waals surface area contributed by atoms with Crippen LogP contribution in [0.2, 0.25) is 0 Å². The zero-order valence-corrected chi connectivity index (χ0v) is 11.3. The van der Waals surface area contributed by atoms with Crippen molar-refractivity contribution >= 4 is 31.7 Å². The van der Waals surface area contributed by atoms with E-state index in [1.807, 2.05) is 0 Å². The van der Waals surface area contributed by atoms with Gasteiger partial charge >= 0.3 is 5.97 Å². The minimum Gasteiger partial charge on any atom is -0.465 e. The van der Waals surface area contributed by atoms with Crippen molar-refractivity contribution in [3.63, 3.8) is 0 Å². The van der Waals surface area contributed by atoms with E-state index in [1.165, 1.54) is 7.11 Å². The largest absolute Gasteiger partial charge is 0.465 e. The number of hydrogen-bond donors (Lipinski definition) is 0. The zero-order valence-electron chi connectivity index (χ0n) is 8.86. The number of hydrogen-bond acceptors (Lipinski definition) is 4. The number of methoxy groups -OCH3 is 1. The van der Waals surface area contributed by atoms with Crippen LogP contribution in [0.15, 0.2) is 22.7 Å². The lowest BCUT2D eigenvalue weighted by Gasteiger charge is -2.07. The Morgan fingerprint density at radius 1 is 1.44 bits per heavy atom. The van der Waals surface area contributed by atoms with E-state index in [4.69, 9.17) is 0 Å². The van der Waals surface area contributed by atoms with E-state index in [0.29, 0.717) is 10.0 Å². The van der Waals surface area contributed by atoms with Gasteiger partial charge in [0.1, 0.15) is 0 Å². The molecule has 0 aromatic heterocycles. The van der Waals surface area contributed by atoms with Crippen LogP contribution in [0.4, 0.5) is 0 Å². The predicted octanol–water partition coefficient (Wildman–Crippen LogP) is 1.78. The summed E-state index contributed by atoms with van der Waals surface area (Å²) in [6.07, 6.45) is 1.12. The van der Waals surface area contributed by atoms with E-state index in [2.05, 4.69) is 20.7 Å². The fraction of sp³-hybridized carbons (Fsp3) is 0.300. The van der Waals surface area contributed by atoms with Crippen LogP contribution in [0.5, 0.6) is 0 Å². The summed E-state index contributed by atoms with van der Waals surface area (Å²) >= 11 is 3.22. The molecule has 0 saturated carbocycles. The lowest BCUT2D eigenvalue weighted by molar-refractivity contribution is 0.0599. The van der Waals surface area contributed by atoms with Crippen LogP contribution in [0.1, 0.15) is 15.9 Å². The number of sulfone groups is 1. The van der Waals surface area contributed by atoms with Gasteiger partial charge in [-0.3, -0.25) is 0 Å². The molecule has 0 saturated heterocycles. The summed E-state index contributed by atoms with van der Waals surface area (Å²) in [4.78, 5) is 11.4. The molecule has 0 fully saturated rings. The Hall–Kier alpha value is -0.880. The van der Waals surface area contributed by atoms with Crippen LogP contribution < -0.4 is 0 Å². The number of halogens is 1. The first-order valence-electron chi connectivity index (χ1n) is 4.38. The predicted molar refractivity (Wildman–Crippen MR) is 64.0 cm³/mol. The van der Waals surface area contributed by atoms with Gasteiger partial charge in [0.25, 0.3) is 0 Å². The Bertz CT molecular complexity index is 508. The molecule has 0 aliphatic carbocycles. The molecule has 6 heteroatoms. The van der Waals surface area contributed by atoms with Crippen LogP contribution in [0.3, 0.4) is 0 Å². The first-order chi connectivity index (χ1) is 7.33. The normalized spacial score (nSPS) is 11.2. The molecule has 0 radical (unpaired) electrons. The van der Waals surface area contributed by atoms with Crippen molar-refractivity contribution < 1.29 is 17.9 Å². The van der Waals surface area contributed by atoms with Crippen molar-refractivity contribution in [3.8, 4) is 0 Å². The number of benzene rings is 1. The van der Waals surface area contributed by atoms with Crippen molar-refractivity contribution in [2.75, 3.05) is 13.4 Å². The molecule has 0 aliphatic rings. The van der Waals surface area contributed by atoms with Crippen LogP contribution in [0, 0.1) is 0 Å². The SMILES string of the molecule is COC(=O)c1cc(Br)ccc1CS(C)(=O)=O. The van der Waals surface area contributed by atoms with Gasteiger partial charge in [0.05, 0.1) is 18.4 Å². The Morgan fingerprint density at radius 3 is 2.56 bits per heavy atom. The summed E-state index contributed by atoms with van der Waals surface area (Å²) < 4.78 is 27.7. The van der Waals surface area contributed by atoms with Crippen molar-refractivity contribution in [2.24, 2.45) is 0 Å². The molecule has 16 heavy (non-hydrogen) atoms. The first kappa shape index (κ1) is 13.2. The molecule has 0 aliphatic heterocycles. The molecule has 0 amide bonds. The fourth-order valence-corrected chi connectivity index (χ4v) is 2.43. The van der Waals surface area contributed by atoms with Gasteiger partial charge < -0.3 is 4.74 Å². The highest BCUT2D eigenvalue weighted by Crippen LogP contribution is 2.19. The lowest BCUT2D eigenvalue weighted by Crippen LogP contribution is -2.09. The molecule has 0 unspecified atom stereocenters. The van der Waals surface area contributed by atoms with Crippen molar-refractivity contribution in [1.29, 1.82) is 0 Å². The van der Waals surface area contributed by atoms with E-state index in [0.717, 1.165) is 6.26 Å². The second-order valence-electron chi connectivity index (χ2n) is 3.36. The van der Waals surface area contributed by atoms with E-state index in [1.54, 1.807) is 18.2 Å². The third kappa shape index (κ3) is 3.61. The molecule has 4 nitrogen and oxygen atoms in total. The standard InChI is InChI=1S/C10H11BrO4S/c1-15-10(12)9-5-8(11)4-3-7(9)6-16(2,13)14/h3-5H,6H2,1-2H3. The molecule has 0 heterocycles. The summed E-state index contributed by atoms with van der Waals surface area (Å²) in [7, 11) is -1.92. The molecule has 1 aromatic carbocycles. The van der Waals surface area contributed by atoms with Gasteiger partial charge in [0, 0.05) is 10.7 Å². The molecule has 0 atom stereocenters. The van der Waals surface area contributed by atoms with Crippen molar-refractivity contribution in [1.82, 2.24) is 0 Å². The van der Waals surface area contributed by atoms with Gasteiger partial charge in [-0.1, -0.05) is 22.0 Å². The van der Waals surface area contributed by atoms with Gasteiger partial charge in [0.15, 0.2) is 9.84 Å². The highest BCUT2D eigenvalue weighted by atomic mass is 79.9. The molecule has 0 N–H and O–H groups in total. The number of esters is 1. The summed E-state index contributed by atoms with van der Waals surface area (Å²) in [5.74, 6) is -0.718. The molecule has 88 valence electrons. The molecular weight excluding hydrogens is 296 g/mol. The van der Waals surface area contributed by atoms with Gasteiger partial charge in [-0.25, -0.2) is 13.2 Å². The smallest absolute Gasteiger partial charge is 0.338 e. The molecule has 0 spiro atoms. The highest BCUT2D eigenvalue weighted by molar-refractivity contribution is 9.10. The third-order valence-corrected chi connectivity index (χ3v) is 3.22. The van der Waals surface area contributed by atoms with E-state index in [9.17, 15) is 13.2 Å². The average Bonchev–Trinajstić information content (AvgIpc) is 2.17.